The average molecular weight is 399 g/mol. The summed E-state index contributed by atoms with van der Waals surface area (Å²) >= 11 is 0. The Morgan fingerprint density at radius 2 is 1.79 bits per heavy atom. The van der Waals surface area contributed by atoms with Gasteiger partial charge in [-0.15, -0.1) is 0 Å². The molecule has 0 spiro atoms. The van der Waals surface area contributed by atoms with Crippen molar-refractivity contribution >= 4 is 23.2 Å². The van der Waals surface area contributed by atoms with E-state index >= 15 is 0 Å². The van der Waals surface area contributed by atoms with E-state index in [0.717, 1.165) is 17.3 Å². The molecule has 154 valence electrons. The molecule has 0 bridgehead atoms. The molecule has 1 aliphatic heterocycles. The van der Waals surface area contributed by atoms with Gasteiger partial charge in [-0.25, -0.2) is 14.8 Å². The standard InChI is InChI=1S/C20H25N5O4/c1-13(2)19-21-14(3)11-18(22-19)24-9-7-23(8-10-24)17-6-5-15(25(27)28)12-16(17)20(26)29-4/h5-6,11-13H,7-10H2,1-4H3. The fraction of sp³-hybridized carbons (Fsp3) is 0.450. The van der Waals surface area contributed by atoms with E-state index in [2.05, 4.69) is 23.7 Å². The SMILES string of the molecule is COC(=O)c1cc([N+](=O)[O-])ccc1N1CCN(c2cc(C)nc(C(C)C)n2)CC1. The fourth-order valence-corrected chi connectivity index (χ4v) is 3.36. The lowest BCUT2D eigenvalue weighted by Gasteiger charge is -2.37. The third-order valence-electron chi connectivity index (χ3n) is 4.92. The van der Waals surface area contributed by atoms with Crippen LogP contribution < -0.4 is 9.80 Å². The van der Waals surface area contributed by atoms with Crippen LogP contribution in [0.15, 0.2) is 24.3 Å². The van der Waals surface area contributed by atoms with Gasteiger partial charge in [-0.05, 0) is 13.0 Å². The van der Waals surface area contributed by atoms with Crippen molar-refractivity contribution in [2.45, 2.75) is 26.7 Å². The number of aromatic nitrogens is 2. The zero-order valence-electron chi connectivity index (χ0n) is 17.1. The maximum atomic E-state index is 12.2. The highest BCUT2D eigenvalue weighted by molar-refractivity contribution is 5.96. The Morgan fingerprint density at radius 3 is 2.38 bits per heavy atom. The summed E-state index contributed by atoms with van der Waals surface area (Å²) in [7, 11) is 1.27. The molecule has 29 heavy (non-hydrogen) atoms. The first-order valence-electron chi connectivity index (χ1n) is 9.52. The Kier molecular flexibility index (Phi) is 5.95. The molecule has 0 saturated carbocycles. The van der Waals surface area contributed by atoms with Crippen LogP contribution in [-0.2, 0) is 4.74 Å². The van der Waals surface area contributed by atoms with Crippen LogP contribution in [0, 0.1) is 17.0 Å². The zero-order valence-corrected chi connectivity index (χ0v) is 17.1. The summed E-state index contributed by atoms with van der Waals surface area (Å²) < 4.78 is 4.83. The van der Waals surface area contributed by atoms with Gasteiger partial charge in [-0.2, -0.15) is 0 Å². The molecule has 9 nitrogen and oxygen atoms in total. The number of carbonyl (C=O) groups is 1. The number of methoxy groups -OCH3 is 1. The van der Waals surface area contributed by atoms with Crippen LogP contribution in [0.5, 0.6) is 0 Å². The van der Waals surface area contributed by atoms with Crippen LogP contribution in [0.4, 0.5) is 17.2 Å². The van der Waals surface area contributed by atoms with Crippen molar-refractivity contribution < 1.29 is 14.5 Å². The molecule has 0 N–H and O–H groups in total. The molecule has 1 saturated heterocycles. The molecule has 2 aromatic rings. The smallest absolute Gasteiger partial charge is 0.340 e. The van der Waals surface area contributed by atoms with Gasteiger partial charge in [0.1, 0.15) is 11.6 Å². The predicted octanol–water partition coefficient (Wildman–Crippen LogP) is 2.93. The van der Waals surface area contributed by atoms with Crippen LogP contribution in [-0.4, -0.2) is 54.1 Å². The minimum absolute atomic E-state index is 0.134. The summed E-state index contributed by atoms with van der Waals surface area (Å²) in [4.78, 5) is 36.2. The molecule has 0 aliphatic carbocycles. The van der Waals surface area contributed by atoms with Crippen molar-refractivity contribution in [3.63, 3.8) is 0 Å². The molecule has 0 radical (unpaired) electrons. The third kappa shape index (κ3) is 4.44. The quantitative estimate of drug-likeness (QED) is 0.430. The topological polar surface area (TPSA) is 102 Å². The second-order valence-corrected chi connectivity index (χ2v) is 7.30. The Hall–Kier alpha value is -3.23. The first-order valence-corrected chi connectivity index (χ1v) is 9.52. The van der Waals surface area contributed by atoms with Gasteiger partial charge in [-0.3, -0.25) is 10.1 Å². The molecule has 1 aliphatic rings. The molecular weight excluding hydrogens is 374 g/mol. The monoisotopic (exact) mass is 399 g/mol. The molecule has 1 aromatic heterocycles. The summed E-state index contributed by atoms with van der Waals surface area (Å²) in [6.45, 7) is 8.84. The van der Waals surface area contributed by atoms with E-state index < -0.39 is 10.9 Å². The number of aryl methyl sites for hydroxylation is 1. The summed E-state index contributed by atoms with van der Waals surface area (Å²) in [6, 6.07) is 6.28. The molecule has 1 fully saturated rings. The Morgan fingerprint density at radius 1 is 1.14 bits per heavy atom. The predicted molar refractivity (Wildman–Crippen MR) is 110 cm³/mol. The Bertz CT molecular complexity index is 923. The first kappa shape index (κ1) is 20.5. The highest BCUT2D eigenvalue weighted by Crippen LogP contribution is 2.28. The highest BCUT2D eigenvalue weighted by atomic mass is 16.6. The lowest BCUT2D eigenvalue weighted by molar-refractivity contribution is -0.384. The molecular formula is C20H25N5O4. The summed E-state index contributed by atoms with van der Waals surface area (Å²) in [6.07, 6.45) is 0. The van der Waals surface area contributed by atoms with E-state index in [1.165, 1.54) is 19.2 Å². The second kappa shape index (κ2) is 8.42. The van der Waals surface area contributed by atoms with E-state index in [9.17, 15) is 14.9 Å². The van der Waals surface area contributed by atoms with E-state index in [-0.39, 0.29) is 17.2 Å². The van der Waals surface area contributed by atoms with Crippen molar-refractivity contribution in [2.24, 2.45) is 0 Å². The lowest BCUT2D eigenvalue weighted by atomic mass is 10.1. The molecule has 0 amide bonds. The van der Waals surface area contributed by atoms with Gasteiger partial charge in [0.2, 0.25) is 0 Å². The van der Waals surface area contributed by atoms with Crippen LogP contribution in [0.25, 0.3) is 0 Å². The zero-order chi connectivity index (χ0) is 21.1. The summed E-state index contributed by atoms with van der Waals surface area (Å²) in [5.74, 6) is 1.39. The molecule has 3 rings (SSSR count). The number of nitro benzene ring substituents is 1. The molecule has 1 aromatic carbocycles. The van der Waals surface area contributed by atoms with Gasteiger partial charge in [-0.1, -0.05) is 13.8 Å². The van der Waals surface area contributed by atoms with Gasteiger partial charge in [0.15, 0.2) is 0 Å². The van der Waals surface area contributed by atoms with Crippen molar-refractivity contribution in [2.75, 3.05) is 43.1 Å². The maximum Gasteiger partial charge on any atom is 0.340 e. The van der Waals surface area contributed by atoms with Crippen molar-refractivity contribution in [1.82, 2.24) is 9.97 Å². The Labute approximate surface area is 169 Å². The third-order valence-corrected chi connectivity index (χ3v) is 4.92. The van der Waals surface area contributed by atoms with E-state index in [0.29, 0.717) is 31.9 Å². The molecule has 0 unspecified atom stereocenters. The van der Waals surface area contributed by atoms with Crippen LogP contribution in [0.3, 0.4) is 0 Å². The molecule has 9 heteroatoms. The number of nitro groups is 1. The first-order chi connectivity index (χ1) is 13.8. The maximum absolute atomic E-state index is 12.2. The van der Waals surface area contributed by atoms with Gasteiger partial charge in [0.05, 0.1) is 23.3 Å². The van der Waals surface area contributed by atoms with Crippen molar-refractivity contribution in [3.05, 3.63) is 51.5 Å². The van der Waals surface area contributed by atoms with Crippen molar-refractivity contribution in [3.8, 4) is 0 Å². The van der Waals surface area contributed by atoms with Gasteiger partial charge < -0.3 is 14.5 Å². The largest absolute Gasteiger partial charge is 0.465 e. The highest BCUT2D eigenvalue weighted by Gasteiger charge is 2.25. The number of ether oxygens (including phenoxy) is 1. The minimum atomic E-state index is -0.584. The number of esters is 1. The number of non-ortho nitro benzene ring substituents is 1. The van der Waals surface area contributed by atoms with Crippen LogP contribution in [0.2, 0.25) is 0 Å². The number of nitrogens with zero attached hydrogens (tertiary/aromatic N) is 5. The van der Waals surface area contributed by atoms with Gasteiger partial charge >= 0.3 is 5.97 Å². The molecule has 2 heterocycles. The van der Waals surface area contributed by atoms with E-state index in [1.54, 1.807) is 6.07 Å². The number of piperazine rings is 1. The average Bonchev–Trinajstić information content (AvgIpc) is 2.72. The minimum Gasteiger partial charge on any atom is -0.465 e. The normalized spacial score (nSPS) is 14.2. The van der Waals surface area contributed by atoms with E-state index in [1.807, 2.05) is 17.9 Å². The summed E-state index contributed by atoms with van der Waals surface area (Å²) in [5, 5.41) is 11.1. The van der Waals surface area contributed by atoms with E-state index in [4.69, 9.17) is 9.72 Å². The fourth-order valence-electron chi connectivity index (χ4n) is 3.36. The molecule has 0 atom stereocenters. The van der Waals surface area contributed by atoms with Gasteiger partial charge in [0.25, 0.3) is 5.69 Å². The van der Waals surface area contributed by atoms with Crippen LogP contribution >= 0.6 is 0 Å². The number of carbonyl (C=O) groups excluding carboxylic acids is 1. The number of hydrogen-bond donors (Lipinski definition) is 0. The number of benzene rings is 1. The number of anilines is 2. The second-order valence-electron chi connectivity index (χ2n) is 7.30. The number of rotatable bonds is 5. The van der Waals surface area contributed by atoms with Crippen LogP contribution in [0.1, 0.15) is 41.6 Å². The van der Waals surface area contributed by atoms with Gasteiger partial charge in [0, 0.05) is 56.0 Å². The Balaban J connectivity index is 1.81. The van der Waals surface area contributed by atoms with Crippen molar-refractivity contribution in [1.29, 1.82) is 0 Å². The number of hydrogen-bond acceptors (Lipinski definition) is 8. The lowest BCUT2D eigenvalue weighted by Crippen LogP contribution is -2.47. The summed E-state index contributed by atoms with van der Waals surface area (Å²) in [5.41, 5.74) is 1.65.